The highest BCUT2D eigenvalue weighted by molar-refractivity contribution is 8.77. The lowest BCUT2D eigenvalue weighted by Gasteiger charge is -2.11. The van der Waals surface area contributed by atoms with Gasteiger partial charge >= 0.3 is 11.9 Å². The molecule has 4 N–H and O–H groups in total. The lowest BCUT2D eigenvalue weighted by atomic mass is 10.7. The smallest absolute Gasteiger partial charge is 0.334 e. The van der Waals surface area contributed by atoms with Crippen LogP contribution >= 0.6 is 21.6 Å². The van der Waals surface area contributed by atoms with E-state index in [1.807, 2.05) is 0 Å². The van der Waals surface area contributed by atoms with Crippen LogP contribution in [0.1, 0.15) is 0 Å². The predicted octanol–water partition coefficient (Wildman–Crippen LogP) is -0.717. The third-order valence-electron chi connectivity index (χ3n) is 1.13. The molecule has 0 heterocycles. The van der Waals surface area contributed by atoms with Crippen molar-refractivity contribution in [2.24, 2.45) is 11.5 Å². The number of hydrogen-bond acceptors (Lipinski definition) is 8. The molecule has 2 unspecified atom stereocenters. The summed E-state index contributed by atoms with van der Waals surface area (Å²) >= 11 is 0. The molecule has 0 aliphatic carbocycles. The fourth-order valence-corrected chi connectivity index (χ4v) is 2.21. The zero-order chi connectivity index (χ0) is 11.1. The molecule has 0 rings (SSSR count). The summed E-state index contributed by atoms with van der Waals surface area (Å²) in [5.74, 6) is -1.14. The highest BCUT2D eigenvalue weighted by Crippen LogP contribution is 2.27. The number of nitrogens with two attached hydrogens (primary N) is 2. The van der Waals surface area contributed by atoms with Gasteiger partial charge in [-0.1, -0.05) is 21.6 Å². The van der Waals surface area contributed by atoms with E-state index in [9.17, 15) is 9.59 Å². The van der Waals surface area contributed by atoms with Crippen LogP contribution in [-0.4, -0.2) is 36.9 Å². The summed E-state index contributed by atoms with van der Waals surface area (Å²) in [4.78, 5) is 21.7. The molecule has 0 saturated heterocycles. The van der Waals surface area contributed by atoms with Gasteiger partial charge in [0, 0.05) is 0 Å². The molecule has 0 aromatic heterocycles. The first-order chi connectivity index (χ1) is 6.52. The number of methoxy groups -OCH3 is 2. The molecule has 0 amide bonds. The molecule has 0 aliphatic rings. The fraction of sp³-hybridized carbons (Fsp3) is 0.667. The summed E-state index contributed by atoms with van der Waals surface area (Å²) in [6.07, 6.45) is 0. The molecule has 0 aromatic carbocycles. The van der Waals surface area contributed by atoms with Gasteiger partial charge in [-0.2, -0.15) is 0 Å². The van der Waals surface area contributed by atoms with Crippen molar-refractivity contribution in [2.75, 3.05) is 14.2 Å². The van der Waals surface area contributed by atoms with Crippen LogP contribution in [0.2, 0.25) is 0 Å². The van der Waals surface area contributed by atoms with Crippen molar-refractivity contribution < 1.29 is 19.1 Å². The van der Waals surface area contributed by atoms with Crippen LogP contribution in [0.3, 0.4) is 0 Å². The minimum absolute atomic E-state index is 0.570. The zero-order valence-corrected chi connectivity index (χ0v) is 9.39. The van der Waals surface area contributed by atoms with Crippen molar-refractivity contribution in [1.82, 2.24) is 0 Å². The number of hydrogen-bond donors (Lipinski definition) is 2. The molecule has 0 aliphatic heterocycles. The lowest BCUT2D eigenvalue weighted by Crippen LogP contribution is -2.31. The van der Waals surface area contributed by atoms with Gasteiger partial charge in [-0.25, -0.2) is 9.59 Å². The molecule has 0 aromatic rings. The van der Waals surface area contributed by atoms with E-state index in [1.165, 1.54) is 14.2 Å². The van der Waals surface area contributed by atoms with Crippen molar-refractivity contribution in [3.05, 3.63) is 0 Å². The van der Waals surface area contributed by atoms with E-state index in [0.717, 1.165) is 21.6 Å². The Balaban J connectivity index is 3.82. The van der Waals surface area contributed by atoms with E-state index in [-0.39, 0.29) is 0 Å². The molecule has 0 radical (unpaired) electrons. The van der Waals surface area contributed by atoms with Gasteiger partial charge in [0.25, 0.3) is 0 Å². The van der Waals surface area contributed by atoms with Gasteiger partial charge in [0.05, 0.1) is 14.2 Å². The minimum Gasteiger partial charge on any atom is -0.467 e. The number of ether oxygens (including phenoxy) is 2. The summed E-state index contributed by atoms with van der Waals surface area (Å²) in [6, 6.07) is 0. The van der Waals surface area contributed by atoms with Crippen LogP contribution in [0.15, 0.2) is 0 Å². The predicted molar refractivity (Wildman–Crippen MR) is 55.2 cm³/mol. The van der Waals surface area contributed by atoms with Crippen LogP contribution in [0.25, 0.3) is 0 Å². The highest BCUT2D eigenvalue weighted by atomic mass is 33.1. The summed E-state index contributed by atoms with van der Waals surface area (Å²) in [5, 5.41) is -1.72. The third kappa shape index (κ3) is 4.70. The van der Waals surface area contributed by atoms with Crippen molar-refractivity contribution in [1.29, 1.82) is 0 Å². The highest BCUT2D eigenvalue weighted by Gasteiger charge is 2.20. The van der Waals surface area contributed by atoms with Crippen LogP contribution in [-0.2, 0) is 19.1 Å². The summed E-state index contributed by atoms with van der Waals surface area (Å²) < 4.78 is 8.75. The topological polar surface area (TPSA) is 105 Å². The SMILES string of the molecule is COC(=O)C(N)SSC(N)C(=O)OC. The van der Waals surface area contributed by atoms with Gasteiger partial charge in [0.2, 0.25) is 0 Å². The van der Waals surface area contributed by atoms with E-state index in [4.69, 9.17) is 11.5 Å². The zero-order valence-electron chi connectivity index (χ0n) is 7.76. The van der Waals surface area contributed by atoms with Gasteiger partial charge in [-0.3, -0.25) is 0 Å². The van der Waals surface area contributed by atoms with Crippen molar-refractivity contribution in [3.63, 3.8) is 0 Å². The van der Waals surface area contributed by atoms with Gasteiger partial charge in [0.1, 0.15) is 0 Å². The summed E-state index contributed by atoms with van der Waals surface area (Å²) in [5.41, 5.74) is 10.8. The number of carbonyl (C=O) groups is 2. The van der Waals surface area contributed by atoms with Crippen molar-refractivity contribution in [3.8, 4) is 0 Å². The molecule has 14 heavy (non-hydrogen) atoms. The Morgan fingerprint density at radius 1 is 1.00 bits per heavy atom. The molecule has 0 spiro atoms. The molecule has 0 fully saturated rings. The Bertz CT molecular complexity index is 192. The first-order valence-electron chi connectivity index (χ1n) is 3.52. The molecule has 2 atom stereocenters. The average Bonchev–Trinajstić information content (AvgIpc) is 2.22. The first kappa shape index (κ1) is 13.6. The van der Waals surface area contributed by atoms with Crippen LogP contribution in [0.4, 0.5) is 0 Å². The second-order valence-corrected chi connectivity index (χ2v) is 4.64. The van der Waals surface area contributed by atoms with Crippen LogP contribution < -0.4 is 11.5 Å². The van der Waals surface area contributed by atoms with Crippen LogP contribution in [0.5, 0.6) is 0 Å². The second kappa shape index (κ2) is 6.93. The average molecular weight is 240 g/mol. The number of esters is 2. The first-order valence-corrected chi connectivity index (χ1v) is 5.79. The second-order valence-electron chi connectivity index (χ2n) is 2.08. The summed E-state index contributed by atoms with van der Waals surface area (Å²) in [7, 11) is 4.37. The molecular formula is C6H12N2O4S2. The Hall–Kier alpha value is -0.440. The minimum atomic E-state index is -0.860. The van der Waals surface area contributed by atoms with Gasteiger partial charge in [-0.15, -0.1) is 0 Å². The van der Waals surface area contributed by atoms with E-state index >= 15 is 0 Å². The van der Waals surface area contributed by atoms with Gasteiger partial charge in [-0.05, 0) is 0 Å². The maximum absolute atomic E-state index is 10.8. The number of rotatable bonds is 5. The quantitative estimate of drug-likeness (QED) is 0.368. The van der Waals surface area contributed by atoms with Crippen LogP contribution in [0, 0.1) is 0 Å². The van der Waals surface area contributed by atoms with Gasteiger partial charge in [0.15, 0.2) is 10.7 Å². The maximum Gasteiger partial charge on any atom is 0.334 e. The van der Waals surface area contributed by atoms with Crippen molar-refractivity contribution >= 4 is 33.5 Å². The molecular weight excluding hydrogens is 228 g/mol. The monoisotopic (exact) mass is 240 g/mol. The fourth-order valence-electron chi connectivity index (χ4n) is 0.431. The van der Waals surface area contributed by atoms with Crippen molar-refractivity contribution in [2.45, 2.75) is 10.7 Å². The standard InChI is InChI=1S/C6H12N2O4S2/c1-11-5(9)3(7)13-14-4(8)6(10)12-2/h3-4H,7-8H2,1-2H3. The summed E-state index contributed by atoms with van der Waals surface area (Å²) in [6.45, 7) is 0. The van der Waals surface area contributed by atoms with E-state index in [2.05, 4.69) is 9.47 Å². The van der Waals surface area contributed by atoms with E-state index in [0.29, 0.717) is 0 Å². The molecule has 0 bridgehead atoms. The number of carbonyl (C=O) groups excluding carboxylic acids is 2. The van der Waals surface area contributed by atoms with E-state index < -0.39 is 22.7 Å². The Morgan fingerprint density at radius 2 is 1.29 bits per heavy atom. The Kier molecular flexibility index (Phi) is 6.71. The molecule has 6 nitrogen and oxygen atoms in total. The Labute approximate surface area is 89.4 Å². The Morgan fingerprint density at radius 3 is 1.50 bits per heavy atom. The third-order valence-corrected chi connectivity index (χ3v) is 3.62. The lowest BCUT2D eigenvalue weighted by molar-refractivity contribution is -0.140. The normalized spacial score (nSPS) is 14.3. The van der Waals surface area contributed by atoms with Gasteiger partial charge < -0.3 is 20.9 Å². The molecule has 82 valence electrons. The maximum atomic E-state index is 10.8. The largest absolute Gasteiger partial charge is 0.467 e. The molecule has 8 heteroatoms. The van der Waals surface area contributed by atoms with E-state index in [1.54, 1.807) is 0 Å². The molecule has 0 saturated carbocycles.